The maximum atomic E-state index is 12.9. The summed E-state index contributed by atoms with van der Waals surface area (Å²) in [6, 6.07) is 4.00. The summed E-state index contributed by atoms with van der Waals surface area (Å²) in [7, 11) is 0. The number of nitrogens with one attached hydrogen (secondary N) is 1. The van der Waals surface area contributed by atoms with Gasteiger partial charge in [0.25, 0.3) is 5.91 Å². The summed E-state index contributed by atoms with van der Waals surface area (Å²) in [5.41, 5.74) is 0.417. The van der Waals surface area contributed by atoms with Crippen molar-refractivity contribution in [2.75, 3.05) is 6.61 Å². The molecule has 1 aromatic rings. The van der Waals surface area contributed by atoms with Crippen LogP contribution in [0.25, 0.3) is 0 Å². The molecule has 1 aromatic carbocycles. The Kier molecular flexibility index (Phi) is 4.35. The number of hydrogen-bond acceptors (Lipinski definition) is 2. The van der Waals surface area contributed by atoms with Crippen molar-refractivity contribution in [2.24, 2.45) is 5.92 Å². The number of hydrogen-bond donors (Lipinski definition) is 2. The van der Waals surface area contributed by atoms with Gasteiger partial charge in [-0.15, -0.1) is 0 Å². The minimum atomic E-state index is -0.382. The number of carbonyl (C=O) groups is 1. The second-order valence-corrected chi connectivity index (χ2v) is 5.43. The van der Waals surface area contributed by atoms with Gasteiger partial charge in [0.15, 0.2) is 0 Å². The van der Waals surface area contributed by atoms with Gasteiger partial charge in [0.05, 0.1) is 5.56 Å². The Hall–Kier alpha value is -0.940. The van der Waals surface area contributed by atoms with Crippen molar-refractivity contribution in [1.82, 2.24) is 5.32 Å². The van der Waals surface area contributed by atoms with E-state index in [0.717, 1.165) is 19.3 Å². The molecule has 18 heavy (non-hydrogen) atoms. The van der Waals surface area contributed by atoms with Gasteiger partial charge in [-0.05, 0) is 47.0 Å². The number of aliphatic hydroxyl groups is 1. The minimum absolute atomic E-state index is 0.0134. The number of rotatable bonds is 3. The van der Waals surface area contributed by atoms with Gasteiger partial charge in [-0.1, -0.05) is 6.42 Å². The Labute approximate surface area is 114 Å². The predicted molar refractivity (Wildman–Crippen MR) is 69.8 cm³/mol. The molecule has 0 bridgehead atoms. The van der Waals surface area contributed by atoms with Crippen molar-refractivity contribution >= 4 is 21.8 Å². The number of halogens is 2. The molecule has 5 heteroatoms. The highest BCUT2D eigenvalue weighted by molar-refractivity contribution is 9.10. The van der Waals surface area contributed by atoms with Crippen molar-refractivity contribution in [3.05, 3.63) is 34.1 Å². The molecule has 0 radical (unpaired) electrons. The van der Waals surface area contributed by atoms with Crippen LogP contribution < -0.4 is 5.32 Å². The Bertz CT molecular complexity index is 453. The van der Waals surface area contributed by atoms with E-state index in [-0.39, 0.29) is 30.3 Å². The molecule has 2 rings (SSSR count). The number of aliphatic hydroxyl groups excluding tert-OH is 1. The minimum Gasteiger partial charge on any atom is -0.396 e. The fourth-order valence-electron chi connectivity index (χ4n) is 2.37. The Morgan fingerprint density at radius 3 is 2.94 bits per heavy atom. The summed E-state index contributed by atoms with van der Waals surface area (Å²) in [6.07, 6.45) is 2.84. The smallest absolute Gasteiger partial charge is 0.252 e. The first-order chi connectivity index (χ1) is 8.61. The Morgan fingerprint density at radius 1 is 1.50 bits per heavy atom. The zero-order valence-electron chi connectivity index (χ0n) is 9.83. The number of amides is 1. The lowest BCUT2D eigenvalue weighted by molar-refractivity contribution is 0.0915. The summed E-state index contributed by atoms with van der Waals surface area (Å²) in [6.45, 7) is 0.0928. The summed E-state index contributed by atoms with van der Waals surface area (Å²) in [4.78, 5) is 12.0. The highest BCUT2D eigenvalue weighted by Gasteiger charge is 2.28. The molecular formula is C13H15BrFNO2. The molecule has 1 saturated carbocycles. The van der Waals surface area contributed by atoms with E-state index in [9.17, 15) is 14.3 Å². The molecule has 0 aliphatic heterocycles. The van der Waals surface area contributed by atoms with E-state index < -0.39 is 0 Å². The van der Waals surface area contributed by atoms with Crippen LogP contribution in [0.2, 0.25) is 0 Å². The first kappa shape index (κ1) is 13.5. The molecule has 0 heterocycles. The average molecular weight is 316 g/mol. The molecule has 0 saturated heterocycles. The van der Waals surface area contributed by atoms with Crippen molar-refractivity contribution < 1.29 is 14.3 Å². The van der Waals surface area contributed by atoms with E-state index in [1.807, 2.05) is 0 Å². The van der Waals surface area contributed by atoms with Crippen molar-refractivity contribution in [2.45, 2.75) is 25.3 Å². The second-order valence-electron chi connectivity index (χ2n) is 4.58. The average Bonchev–Trinajstić information content (AvgIpc) is 2.76. The zero-order valence-corrected chi connectivity index (χ0v) is 11.4. The van der Waals surface area contributed by atoms with Gasteiger partial charge in [-0.3, -0.25) is 4.79 Å². The molecule has 0 spiro atoms. The van der Waals surface area contributed by atoms with E-state index in [0.29, 0.717) is 10.0 Å². The molecule has 3 nitrogen and oxygen atoms in total. The lowest BCUT2D eigenvalue weighted by Crippen LogP contribution is -2.38. The van der Waals surface area contributed by atoms with Crippen LogP contribution in [-0.2, 0) is 0 Å². The summed E-state index contributed by atoms with van der Waals surface area (Å²) < 4.78 is 13.4. The maximum absolute atomic E-state index is 12.9. The highest BCUT2D eigenvalue weighted by atomic mass is 79.9. The van der Waals surface area contributed by atoms with Crippen molar-refractivity contribution in [3.8, 4) is 0 Å². The first-order valence-corrected chi connectivity index (χ1v) is 6.78. The maximum Gasteiger partial charge on any atom is 0.252 e. The zero-order chi connectivity index (χ0) is 13.1. The summed E-state index contributed by atoms with van der Waals surface area (Å²) >= 11 is 3.18. The summed E-state index contributed by atoms with van der Waals surface area (Å²) in [5.74, 6) is -0.479. The van der Waals surface area contributed by atoms with Crippen LogP contribution in [0.3, 0.4) is 0 Å². The standard InChI is InChI=1S/C13H15BrFNO2/c14-11-6-9(15)4-5-10(11)13(18)16-12-3-1-2-8(12)7-17/h4-6,8,12,17H,1-3,7H2,(H,16,18). The largest absolute Gasteiger partial charge is 0.396 e. The lowest BCUT2D eigenvalue weighted by Gasteiger charge is -2.19. The van der Waals surface area contributed by atoms with Crippen LogP contribution >= 0.6 is 15.9 Å². The van der Waals surface area contributed by atoms with E-state index in [1.165, 1.54) is 18.2 Å². The van der Waals surface area contributed by atoms with E-state index in [1.54, 1.807) is 0 Å². The Balaban J connectivity index is 2.07. The fourth-order valence-corrected chi connectivity index (χ4v) is 2.90. The third-order valence-corrected chi connectivity index (χ3v) is 4.04. The van der Waals surface area contributed by atoms with Gasteiger partial charge in [0.1, 0.15) is 5.82 Å². The number of carbonyl (C=O) groups excluding carboxylic acids is 1. The summed E-state index contributed by atoms with van der Waals surface area (Å²) in [5, 5.41) is 12.1. The van der Waals surface area contributed by atoms with Gasteiger partial charge in [0.2, 0.25) is 0 Å². The monoisotopic (exact) mass is 315 g/mol. The fraction of sp³-hybridized carbons (Fsp3) is 0.462. The topological polar surface area (TPSA) is 49.3 Å². The van der Waals surface area contributed by atoms with Gasteiger partial charge in [-0.2, -0.15) is 0 Å². The molecule has 2 unspecified atom stereocenters. The van der Waals surface area contributed by atoms with Crippen LogP contribution in [0.15, 0.2) is 22.7 Å². The predicted octanol–water partition coefficient (Wildman–Crippen LogP) is 2.48. The third-order valence-electron chi connectivity index (χ3n) is 3.39. The first-order valence-electron chi connectivity index (χ1n) is 5.98. The molecule has 1 aliphatic carbocycles. The van der Waals surface area contributed by atoms with E-state index in [4.69, 9.17) is 0 Å². The quantitative estimate of drug-likeness (QED) is 0.900. The van der Waals surface area contributed by atoms with Crippen LogP contribution in [0, 0.1) is 11.7 Å². The normalized spacial score (nSPS) is 23.1. The van der Waals surface area contributed by atoms with Crippen molar-refractivity contribution in [3.63, 3.8) is 0 Å². The van der Waals surface area contributed by atoms with Gasteiger partial charge >= 0.3 is 0 Å². The second kappa shape index (κ2) is 5.80. The van der Waals surface area contributed by atoms with Crippen LogP contribution in [0.1, 0.15) is 29.6 Å². The van der Waals surface area contributed by atoms with E-state index in [2.05, 4.69) is 21.2 Å². The van der Waals surface area contributed by atoms with Gasteiger partial charge in [0, 0.05) is 23.0 Å². The SMILES string of the molecule is O=C(NC1CCCC1CO)c1ccc(F)cc1Br. The van der Waals surface area contributed by atoms with Crippen LogP contribution in [0.4, 0.5) is 4.39 Å². The molecule has 98 valence electrons. The lowest BCUT2D eigenvalue weighted by atomic mass is 10.0. The highest BCUT2D eigenvalue weighted by Crippen LogP contribution is 2.26. The molecule has 1 amide bonds. The molecule has 1 aliphatic rings. The number of benzene rings is 1. The van der Waals surface area contributed by atoms with Crippen LogP contribution in [0.5, 0.6) is 0 Å². The Morgan fingerprint density at radius 2 is 2.28 bits per heavy atom. The van der Waals surface area contributed by atoms with Crippen LogP contribution in [-0.4, -0.2) is 23.7 Å². The molecule has 2 N–H and O–H groups in total. The van der Waals surface area contributed by atoms with Gasteiger partial charge in [-0.25, -0.2) is 4.39 Å². The third kappa shape index (κ3) is 2.90. The van der Waals surface area contributed by atoms with Gasteiger partial charge < -0.3 is 10.4 Å². The van der Waals surface area contributed by atoms with Crippen molar-refractivity contribution in [1.29, 1.82) is 0 Å². The molecular weight excluding hydrogens is 301 g/mol. The molecule has 2 atom stereocenters. The molecule has 1 fully saturated rings. The van der Waals surface area contributed by atoms with E-state index >= 15 is 0 Å². The molecule has 0 aromatic heterocycles.